The number of amides is 1. The van der Waals surface area contributed by atoms with Crippen molar-refractivity contribution in [2.45, 2.75) is 52.2 Å². The highest BCUT2D eigenvalue weighted by Gasteiger charge is 2.21. The van der Waals surface area contributed by atoms with Gasteiger partial charge in [-0.25, -0.2) is 4.79 Å². The fourth-order valence-corrected chi connectivity index (χ4v) is 2.05. The number of hydrogen-bond acceptors (Lipinski definition) is 2. The van der Waals surface area contributed by atoms with Gasteiger partial charge in [0, 0.05) is 13.0 Å². The topological polar surface area (TPSA) is 29.5 Å². The predicted molar refractivity (Wildman–Crippen MR) is 93.7 cm³/mol. The van der Waals surface area contributed by atoms with E-state index in [0.29, 0.717) is 6.54 Å². The van der Waals surface area contributed by atoms with Crippen molar-refractivity contribution in [3.8, 4) is 24.7 Å². The van der Waals surface area contributed by atoms with Gasteiger partial charge in [0.15, 0.2) is 0 Å². The summed E-state index contributed by atoms with van der Waals surface area (Å²) in [4.78, 5) is 13.7. The molecule has 3 nitrogen and oxygen atoms in total. The zero-order valence-corrected chi connectivity index (χ0v) is 14.3. The zero-order chi connectivity index (χ0) is 17.3. The molecule has 0 unspecified atom stereocenters. The molecule has 0 radical (unpaired) electrons. The van der Waals surface area contributed by atoms with Gasteiger partial charge in [-0.15, -0.1) is 18.8 Å². The van der Waals surface area contributed by atoms with E-state index in [9.17, 15) is 4.79 Å². The second-order valence-corrected chi connectivity index (χ2v) is 6.41. The maximum Gasteiger partial charge on any atom is 0.411 e. The Morgan fingerprint density at radius 3 is 2.26 bits per heavy atom. The maximum atomic E-state index is 12.2. The molecule has 1 amide bonds. The molecule has 0 fully saturated rings. The molecule has 0 spiro atoms. The van der Waals surface area contributed by atoms with Crippen LogP contribution in [0.5, 0.6) is 0 Å². The van der Waals surface area contributed by atoms with E-state index in [1.54, 1.807) is 0 Å². The Kier molecular flexibility index (Phi) is 7.23. The molecule has 0 atom stereocenters. The molecule has 0 aliphatic heterocycles. The fraction of sp³-hybridized carbons (Fsp3) is 0.450. The summed E-state index contributed by atoms with van der Waals surface area (Å²) in [6.07, 6.45) is 13.0. The lowest BCUT2D eigenvalue weighted by Gasteiger charge is -2.26. The van der Waals surface area contributed by atoms with E-state index in [2.05, 4.69) is 24.0 Å². The molecule has 0 saturated carbocycles. The molecule has 0 aliphatic carbocycles. The molecule has 3 heteroatoms. The van der Waals surface area contributed by atoms with E-state index in [1.165, 1.54) is 10.5 Å². The van der Waals surface area contributed by atoms with Crippen molar-refractivity contribution in [1.29, 1.82) is 0 Å². The first-order valence-electron chi connectivity index (χ1n) is 7.78. The summed E-state index contributed by atoms with van der Waals surface area (Å²) in [5, 5.41) is 0. The lowest BCUT2D eigenvalue weighted by molar-refractivity contribution is 0.0260. The van der Waals surface area contributed by atoms with E-state index < -0.39 is 11.7 Å². The van der Waals surface area contributed by atoms with Gasteiger partial charge in [0.2, 0.25) is 0 Å². The summed E-state index contributed by atoms with van der Waals surface area (Å²) < 4.78 is 5.39. The highest BCUT2D eigenvalue weighted by Crippen LogP contribution is 2.14. The minimum absolute atomic E-state index is 0.221. The van der Waals surface area contributed by atoms with E-state index in [0.717, 1.165) is 24.8 Å². The van der Waals surface area contributed by atoms with Gasteiger partial charge in [-0.1, -0.05) is 30.2 Å². The van der Waals surface area contributed by atoms with Crippen LogP contribution in [0.1, 0.15) is 44.7 Å². The molecule has 0 saturated heterocycles. The van der Waals surface area contributed by atoms with Gasteiger partial charge in [-0.3, -0.25) is 4.90 Å². The highest BCUT2D eigenvalue weighted by molar-refractivity contribution is 5.68. The normalized spacial score (nSPS) is 10.5. The summed E-state index contributed by atoms with van der Waals surface area (Å²) >= 11 is 0. The smallest absolute Gasteiger partial charge is 0.411 e. The van der Waals surface area contributed by atoms with Crippen molar-refractivity contribution in [2.75, 3.05) is 6.54 Å². The third-order valence-electron chi connectivity index (χ3n) is 3.12. The quantitative estimate of drug-likeness (QED) is 0.587. The minimum Gasteiger partial charge on any atom is -0.444 e. The summed E-state index contributed by atoms with van der Waals surface area (Å²) in [7, 11) is 0. The Bertz CT molecular complexity index is 582. The monoisotopic (exact) mass is 311 g/mol. The zero-order valence-electron chi connectivity index (χ0n) is 14.3. The van der Waals surface area contributed by atoms with Crippen molar-refractivity contribution in [2.24, 2.45) is 0 Å². The van der Waals surface area contributed by atoms with Crippen LogP contribution in [-0.2, 0) is 17.7 Å². The number of ether oxygens (including phenoxy) is 1. The van der Waals surface area contributed by atoms with Gasteiger partial charge in [0.1, 0.15) is 5.60 Å². The molecule has 0 aromatic heterocycles. The second-order valence-electron chi connectivity index (χ2n) is 6.41. The van der Waals surface area contributed by atoms with Gasteiger partial charge < -0.3 is 4.74 Å². The molecular weight excluding hydrogens is 286 g/mol. The molecule has 1 aromatic carbocycles. The van der Waals surface area contributed by atoms with Crippen LogP contribution >= 0.6 is 0 Å². The molecule has 0 N–H and O–H groups in total. The third kappa shape index (κ3) is 7.43. The molecular formula is C20H25NO2. The number of hydrogen-bond donors (Lipinski definition) is 0. The van der Waals surface area contributed by atoms with Crippen molar-refractivity contribution in [3.63, 3.8) is 0 Å². The van der Waals surface area contributed by atoms with Crippen LogP contribution in [0, 0.1) is 24.7 Å². The SMILES string of the molecule is C#CCCCc1ccc(CN(CC#C)C(=O)OC(C)(C)C)cc1. The number of benzene rings is 1. The first kappa shape index (κ1) is 18.7. The second kappa shape index (κ2) is 8.91. The van der Waals surface area contributed by atoms with Crippen LogP contribution in [0.3, 0.4) is 0 Å². The molecule has 1 aromatic rings. The summed E-state index contributed by atoms with van der Waals surface area (Å²) in [6, 6.07) is 8.15. The Balaban J connectivity index is 2.68. The van der Waals surface area contributed by atoms with Crippen LogP contribution < -0.4 is 0 Å². The van der Waals surface area contributed by atoms with Gasteiger partial charge >= 0.3 is 6.09 Å². The van der Waals surface area contributed by atoms with Crippen LogP contribution in [0.25, 0.3) is 0 Å². The molecule has 1 rings (SSSR count). The Morgan fingerprint density at radius 2 is 1.74 bits per heavy atom. The summed E-state index contributed by atoms with van der Waals surface area (Å²) in [5.41, 5.74) is 1.72. The molecule has 0 bridgehead atoms. The van der Waals surface area contributed by atoms with Gasteiger partial charge in [-0.05, 0) is 44.7 Å². The lowest BCUT2D eigenvalue weighted by atomic mass is 10.1. The van der Waals surface area contributed by atoms with E-state index in [-0.39, 0.29) is 6.54 Å². The summed E-state index contributed by atoms with van der Waals surface area (Å²) in [6.45, 7) is 6.17. The Morgan fingerprint density at radius 1 is 1.13 bits per heavy atom. The van der Waals surface area contributed by atoms with E-state index >= 15 is 0 Å². The summed E-state index contributed by atoms with van der Waals surface area (Å²) in [5.74, 6) is 5.15. The van der Waals surface area contributed by atoms with Crippen LogP contribution in [0.15, 0.2) is 24.3 Å². The highest BCUT2D eigenvalue weighted by atomic mass is 16.6. The number of aryl methyl sites for hydroxylation is 1. The average molecular weight is 311 g/mol. The van der Waals surface area contributed by atoms with Crippen molar-refractivity contribution in [3.05, 3.63) is 35.4 Å². The van der Waals surface area contributed by atoms with Crippen LogP contribution in [-0.4, -0.2) is 23.1 Å². The lowest BCUT2D eigenvalue weighted by Crippen LogP contribution is -2.36. The van der Waals surface area contributed by atoms with Crippen LogP contribution in [0.4, 0.5) is 4.79 Å². The van der Waals surface area contributed by atoms with Gasteiger partial charge in [0.25, 0.3) is 0 Å². The van der Waals surface area contributed by atoms with E-state index in [4.69, 9.17) is 17.6 Å². The van der Waals surface area contributed by atoms with Crippen LogP contribution in [0.2, 0.25) is 0 Å². The maximum absolute atomic E-state index is 12.2. The third-order valence-corrected chi connectivity index (χ3v) is 3.12. The van der Waals surface area contributed by atoms with E-state index in [1.807, 2.05) is 32.9 Å². The number of unbranched alkanes of at least 4 members (excludes halogenated alkanes) is 1. The number of rotatable bonds is 6. The van der Waals surface area contributed by atoms with Crippen molar-refractivity contribution in [1.82, 2.24) is 4.90 Å². The largest absolute Gasteiger partial charge is 0.444 e. The Labute approximate surface area is 140 Å². The molecule has 0 heterocycles. The Hall–Kier alpha value is -2.39. The van der Waals surface area contributed by atoms with Crippen molar-refractivity contribution >= 4 is 6.09 Å². The first-order valence-corrected chi connectivity index (χ1v) is 7.78. The molecule has 23 heavy (non-hydrogen) atoms. The molecule has 0 aliphatic rings. The number of nitrogens with zero attached hydrogens (tertiary/aromatic N) is 1. The van der Waals surface area contributed by atoms with Gasteiger partial charge in [0.05, 0.1) is 6.54 Å². The first-order chi connectivity index (χ1) is 10.9. The van der Waals surface area contributed by atoms with Gasteiger partial charge in [-0.2, -0.15) is 0 Å². The number of terminal acetylenes is 2. The number of carbonyl (C=O) groups excluding carboxylic acids is 1. The average Bonchev–Trinajstić information content (AvgIpc) is 2.47. The fourth-order valence-electron chi connectivity index (χ4n) is 2.05. The standard InChI is InChI=1S/C20H25NO2/c1-6-8-9-10-17-11-13-18(14-12-17)16-21(15-7-2)19(22)23-20(3,4)5/h1-2,11-14H,8-10,15-16H2,3-5H3. The molecule has 122 valence electrons. The van der Waals surface area contributed by atoms with Crippen molar-refractivity contribution < 1.29 is 9.53 Å². The minimum atomic E-state index is -0.537. The number of carbonyl (C=O) groups is 1. The predicted octanol–water partition coefficient (Wildman–Crippen LogP) is 4.01.